The van der Waals surface area contributed by atoms with Gasteiger partial charge < -0.3 is 15.0 Å². The van der Waals surface area contributed by atoms with Crippen LogP contribution in [-0.2, 0) is 9.53 Å². The van der Waals surface area contributed by atoms with Gasteiger partial charge in [0.05, 0.1) is 6.04 Å². The largest absolute Gasteiger partial charge is 0.375 e. The van der Waals surface area contributed by atoms with Crippen molar-refractivity contribution in [2.45, 2.75) is 6.04 Å². The van der Waals surface area contributed by atoms with Crippen molar-refractivity contribution in [3.05, 3.63) is 35.6 Å². The van der Waals surface area contributed by atoms with Crippen molar-refractivity contribution in [3.8, 4) is 0 Å². The SMILES string of the molecule is COCC(=O)NCC(c1cccc(F)c1)N(C)C. The monoisotopic (exact) mass is 254 g/mol. The molecule has 1 unspecified atom stereocenters. The lowest BCUT2D eigenvalue weighted by atomic mass is 10.1. The molecule has 1 aromatic rings. The zero-order valence-corrected chi connectivity index (χ0v) is 10.9. The molecule has 0 spiro atoms. The van der Waals surface area contributed by atoms with E-state index >= 15 is 0 Å². The number of hydrogen-bond donors (Lipinski definition) is 1. The van der Waals surface area contributed by atoms with Crippen molar-refractivity contribution in [2.75, 3.05) is 34.4 Å². The van der Waals surface area contributed by atoms with Gasteiger partial charge >= 0.3 is 0 Å². The van der Waals surface area contributed by atoms with Crippen LogP contribution in [0.2, 0.25) is 0 Å². The minimum atomic E-state index is -0.275. The minimum absolute atomic E-state index is 0.0311. The number of benzene rings is 1. The highest BCUT2D eigenvalue weighted by Gasteiger charge is 2.15. The number of nitrogens with one attached hydrogen (secondary N) is 1. The summed E-state index contributed by atoms with van der Waals surface area (Å²) in [6, 6.07) is 6.32. The van der Waals surface area contributed by atoms with Crippen LogP contribution in [-0.4, -0.2) is 45.2 Å². The summed E-state index contributed by atoms with van der Waals surface area (Å²) >= 11 is 0. The molecule has 18 heavy (non-hydrogen) atoms. The van der Waals surface area contributed by atoms with Gasteiger partial charge in [-0.2, -0.15) is 0 Å². The second-order valence-electron chi connectivity index (χ2n) is 4.27. The number of carbonyl (C=O) groups excluding carboxylic acids is 1. The van der Waals surface area contributed by atoms with E-state index in [1.54, 1.807) is 6.07 Å². The van der Waals surface area contributed by atoms with Crippen molar-refractivity contribution in [1.29, 1.82) is 0 Å². The summed E-state index contributed by atoms with van der Waals surface area (Å²) in [5.41, 5.74) is 0.831. The number of carbonyl (C=O) groups is 1. The normalized spacial score (nSPS) is 12.5. The van der Waals surface area contributed by atoms with Crippen LogP contribution >= 0.6 is 0 Å². The molecule has 1 N–H and O–H groups in total. The van der Waals surface area contributed by atoms with E-state index in [-0.39, 0.29) is 24.4 Å². The summed E-state index contributed by atoms with van der Waals surface area (Å²) in [5, 5.41) is 2.75. The average molecular weight is 254 g/mol. The third-order valence-corrected chi connectivity index (χ3v) is 2.62. The van der Waals surface area contributed by atoms with Crippen LogP contribution in [0.1, 0.15) is 11.6 Å². The number of rotatable bonds is 6. The second kappa shape index (κ2) is 7.08. The molecule has 1 aromatic carbocycles. The van der Waals surface area contributed by atoms with Gasteiger partial charge in [0.15, 0.2) is 0 Å². The molecule has 0 heterocycles. The van der Waals surface area contributed by atoms with Crippen LogP contribution in [0.5, 0.6) is 0 Å². The van der Waals surface area contributed by atoms with Gasteiger partial charge in [-0.15, -0.1) is 0 Å². The predicted molar refractivity (Wildman–Crippen MR) is 67.7 cm³/mol. The summed E-state index contributed by atoms with van der Waals surface area (Å²) in [7, 11) is 5.24. The van der Waals surface area contributed by atoms with Crippen molar-refractivity contribution >= 4 is 5.91 Å². The van der Waals surface area contributed by atoms with Gasteiger partial charge in [0.2, 0.25) is 5.91 Å². The van der Waals surface area contributed by atoms with Crippen molar-refractivity contribution in [1.82, 2.24) is 10.2 Å². The standard InChI is InChI=1S/C13H19FN2O2/c1-16(2)12(8-15-13(17)9-18-3)10-5-4-6-11(14)7-10/h4-7,12H,8-9H2,1-3H3,(H,15,17). The first-order valence-corrected chi connectivity index (χ1v) is 5.72. The molecular formula is C13H19FN2O2. The number of halogens is 1. The van der Waals surface area contributed by atoms with Gasteiger partial charge in [-0.05, 0) is 31.8 Å². The van der Waals surface area contributed by atoms with Crippen LogP contribution in [0.15, 0.2) is 24.3 Å². The number of amides is 1. The van der Waals surface area contributed by atoms with Crippen molar-refractivity contribution < 1.29 is 13.9 Å². The van der Waals surface area contributed by atoms with E-state index in [0.717, 1.165) is 5.56 Å². The number of methoxy groups -OCH3 is 1. The lowest BCUT2D eigenvalue weighted by Crippen LogP contribution is -2.36. The maximum Gasteiger partial charge on any atom is 0.246 e. The molecular weight excluding hydrogens is 235 g/mol. The Bertz CT molecular complexity index is 396. The highest BCUT2D eigenvalue weighted by molar-refractivity contribution is 5.77. The Kier molecular flexibility index (Phi) is 5.74. The number of ether oxygens (including phenoxy) is 1. The van der Waals surface area contributed by atoms with E-state index in [1.165, 1.54) is 19.2 Å². The Morgan fingerprint density at radius 1 is 1.50 bits per heavy atom. The molecule has 0 bridgehead atoms. The van der Waals surface area contributed by atoms with Gasteiger partial charge in [-0.25, -0.2) is 4.39 Å². The Labute approximate surface area is 107 Å². The Morgan fingerprint density at radius 3 is 2.78 bits per heavy atom. The summed E-state index contributed by atoms with van der Waals surface area (Å²) < 4.78 is 17.9. The van der Waals surface area contributed by atoms with Crippen LogP contribution in [0.4, 0.5) is 4.39 Å². The first-order valence-electron chi connectivity index (χ1n) is 5.72. The quantitative estimate of drug-likeness (QED) is 0.829. The molecule has 1 atom stereocenters. The summed E-state index contributed by atoms with van der Waals surface area (Å²) in [6.07, 6.45) is 0. The Morgan fingerprint density at radius 2 is 2.22 bits per heavy atom. The maximum absolute atomic E-state index is 13.2. The topological polar surface area (TPSA) is 41.6 Å². The fourth-order valence-corrected chi connectivity index (χ4v) is 1.71. The molecule has 0 aromatic heterocycles. The lowest BCUT2D eigenvalue weighted by Gasteiger charge is -2.25. The number of likely N-dealkylation sites (N-methyl/N-ethyl adjacent to an activating group) is 1. The summed E-state index contributed by atoms with van der Waals surface area (Å²) in [5.74, 6) is -0.455. The van der Waals surface area contributed by atoms with Gasteiger partial charge in [-0.3, -0.25) is 4.79 Å². The van der Waals surface area contributed by atoms with Gasteiger partial charge in [0.1, 0.15) is 12.4 Å². The molecule has 0 aliphatic carbocycles. The third-order valence-electron chi connectivity index (χ3n) is 2.62. The molecule has 1 amide bonds. The first-order chi connectivity index (χ1) is 8.54. The van der Waals surface area contributed by atoms with Crippen LogP contribution in [0.3, 0.4) is 0 Å². The molecule has 0 aliphatic rings. The molecule has 0 fully saturated rings. The third kappa shape index (κ3) is 4.43. The molecule has 5 heteroatoms. The van der Waals surface area contributed by atoms with E-state index in [9.17, 15) is 9.18 Å². The van der Waals surface area contributed by atoms with Gasteiger partial charge in [-0.1, -0.05) is 12.1 Å². The average Bonchev–Trinajstić information content (AvgIpc) is 2.29. The molecule has 0 aliphatic heterocycles. The van der Waals surface area contributed by atoms with E-state index in [4.69, 9.17) is 4.74 Å². The zero-order chi connectivity index (χ0) is 13.5. The second-order valence-corrected chi connectivity index (χ2v) is 4.27. The molecule has 0 saturated carbocycles. The van der Waals surface area contributed by atoms with Crippen molar-refractivity contribution in [3.63, 3.8) is 0 Å². The number of hydrogen-bond acceptors (Lipinski definition) is 3. The highest BCUT2D eigenvalue weighted by atomic mass is 19.1. The van der Waals surface area contributed by atoms with E-state index in [1.807, 2.05) is 25.1 Å². The minimum Gasteiger partial charge on any atom is -0.375 e. The van der Waals surface area contributed by atoms with Gasteiger partial charge in [0, 0.05) is 13.7 Å². The molecule has 0 radical (unpaired) electrons. The molecule has 4 nitrogen and oxygen atoms in total. The van der Waals surface area contributed by atoms with Crippen LogP contribution in [0.25, 0.3) is 0 Å². The fourth-order valence-electron chi connectivity index (χ4n) is 1.71. The number of nitrogens with zero attached hydrogens (tertiary/aromatic N) is 1. The van der Waals surface area contributed by atoms with E-state index in [0.29, 0.717) is 6.54 Å². The first kappa shape index (κ1) is 14.6. The predicted octanol–water partition coefficient (Wildman–Crippen LogP) is 1.19. The maximum atomic E-state index is 13.2. The van der Waals surface area contributed by atoms with E-state index in [2.05, 4.69) is 5.32 Å². The van der Waals surface area contributed by atoms with E-state index < -0.39 is 0 Å². The molecule has 1 rings (SSSR count). The Balaban J connectivity index is 2.69. The van der Waals surface area contributed by atoms with Crippen LogP contribution in [0, 0.1) is 5.82 Å². The molecule has 100 valence electrons. The zero-order valence-electron chi connectivity index (χ0n) is 10.9. The lowest BCUT2D eigenvalue weighted by molar-refractivity contribution is -0.124. The van der Waals surface area contributed by atoms with Crippen LogP contribution < -0.4 is 5.32 Å². The van der Waals surface area contributed by atoms with Gasteiger partial charge in [0.25, 0.3) is 0 Å². The summed E-state index contributed by atoms with van der Waals surface area (Å²) in [4.78, 5) is 13.3. The molecule has 0 saturated heterocycles. The fraction of sp³-hybridized carbons (Fsp3) is 0.462. The highest BCUT2D eigenvalue weighted by Crippen LogP contribution is 2.18. The smallest absolute Gasteiger partial charge is 0.246 e. The summed E-state index contributed by atoms with van der Waals surface area (Å²) in [6.45, 7) is 0.446. The Hall–Kier alpha value is -1.46. The van der Waals surface area contributed by atoms with Crippen molar-refractivity contribution in [2.24, 2.45) is 0 Å².